The average molecular weight is 621 g/mol. The van der Waals surface area contributed by atoms with Gasteiger partial charge >= 0.3 is 12.1 Å². The highest BCUT2D eigenvalue weighted by molar-refractivity contribution is 8.00. The molecule has 1 saturated heterocycles. The first-order valence-electron chi connectivity index (χ1n) is 12.7. The van der Waals surface area contributed by atoms with Crippen molar-refractivity contribution in [2.75, 3.05) is 16.8 Å². The van der Waals surface area contributed by atoms with E-state index < -0.39 is 41.0 Å². The molecule has 5 N–H and O–H groups in total. The molecule has 0 spiro atoms. The van der Waals surface area contributed by atoms with Crippen LogP contribution in [0.5, 0.6) is 0 Å². The van der Waals surface area contributed by atoms with E-state index in [9.17, 15) is 24.3 Å². The highest BCUT2D eigenvalue weighted by Crippen LogP contribution is 2.40. The lowest BCUT2D eigenvalue weighted by atomic mass is 10.0. The molecule has 0 saturated carbocycles. The maximum absolute atomic E-state index is 13.3. The third kappa shape index (κ3) is 5.64. The van der Waals surface area contributed by atoms with Crippen LogP contribution in [-0.4, -0.2) is 61.7 Å². The van der Waals surface area contributed by atoms with Gasteiger partial charge in [-0.15, -0.1) is 23.1 Å². The number of aromatic nitrogens is 2. The lowest BCUT2D eigenvalue weighted by Crippen LogP contribution is -2.71. The van der Waals surface area contributed by atoms with Crippen molar-refractivity contribution in [2.45, 2.75) is 18.0 Å². The molecule has 1 unspecified atom stereocenters. The first-order valence-corrected chi connectivity index (χ1v) is 14.6. The van der Waals surface area contributed by atoms with Gasteiger partial charge in [-0.1, -0.05) is 23.4 Å². The van der Waals surface area contributed by atoms with E-state index >= 15 is 0 Å². The monoisotopic (exact) mass is 620 g/mol. The quantitative estimate of drug-likeness (QED) is 0.0746. The summed E-state index contributed by atoms with van der Waals surface area (Å²) in [5.41, 5.74) is 5.80. The molecular formula is C27H22N7O7S2+. The minimum absolute atomic E-state index is 0.115. The second-order valence-corrected chi connectivity index (χ2v) is 11.4. The van der Waals surface area contributed by atoms with Crippen LogP contribution in [-0.2, 0) is 25.8 Å². The molecule has 1 fully saturated rings. The molecule has 43 heavy (non-hydrogen) atoms. The van der Waals surface area contributed by atoms with E-state index in [0.29, 0.717) is 17.0 Å². The molecule has 6 rings (SSSR count). The minimum Gasteiger partial charge on any atom is -0.477 e. The highest BCUT2D eigenvalue weighted by Gasteiger charge is 2.54. The van der Waals surface area contributed by atoms with Crippen LogP contribution in [0.15, 0.2) is 87.3 Å². The van der Waals surface area contributed by atoms with Gasteiger partial charge in [0.2, 0.25) is 0 Å². The number of nitrogens with zero attached hydrogens (tertiary/aromatic N) is 4. The van der Waals surface area contributed by atoms with Gasteiger partial charge in [-0.2, -0.15) is 4.98 Å². The number of thioether (sulfide) groups is 1. The largest absolute Gasteiger partial charge is 0.477 e. The molecule has 218 valence electrons. The zero-order valence-electron chi connectivity index (χ0n) is 22.0. The molecule has 3 aromatic heterocycles. The molecule has 2 aliphatic heterocycles. The summed E-state index contributed by atoms with van der Waals surface area (Å²) in [5.74, 6) is -2.44. The Kier molecular flexibility index (Phi) is 7.52. The minimum atomic E-state index is -1.24. The van der Waals surface area contributed by atoms with E-state index in [0.717, 1.165) is 16.3 Å². The number of carbonyl (C=O) groups is 4. The lowest BCUT2D eigenvalue weighted by molar-refractivity contribution is -0.687. The van der Waals surface area contributed by atoms with Crippen molar-refractivity contribution < 1.29 is 38.1 Å². The van der Waals surface area contributed by atoms with Crippen LogP contribution in [0, 0.1) is 0 Å². The van der Waals surface area contributed by atoms with E-state index in [4.69, 9.17) is 15.0 Å². The number of para-hydroxylation sites is 1. The summed E-state index contributed by atoms with van der Waals surface area (Å²) in [6.07, 6.45) is 3.85. The molecule has 0 radical (unpaired) electrons. The molecule has 0 bridgehead atoms. The number of fused-ring (bicyclic) bond motifs is 2. The molecule has 5 heterocycles. The second-order valence-electron chi connectivity index (χ2n) is 9.36. The van der Waals surface area contributed by atoms with Gasteiger partial charge in [0.25, 0.3) is 17.8 Å². The number of anilines is 2. The number of thiophene rings is 1. The number of β-lactam (4-membered cyclic amide) rings is 1. The summed E-state index contributed by atoms with van der Waals surface area (Å²) in [6.45, 7) is 0.278. The summed E-state index contributed by atoms with van der Waals surface area (Å²) in [7, 11) is 0. The Hall–Kier alpha value is -5.22. The fourth-order valence-corrected chi connectivity index (χ4v) is 6.73. The van der Waals surface area contributed by atoms with Gasteiger partial charge < -0.3 is 20.6 Å². The third-order valence-corrected chi connectivity index (χ3v) is 8.82. The fraction of sp³-hybridized carbons (Fsp3) is 0.148. The first-order chi connectivity index (χ1) is 20.8. The molecule has 3 amide bonds. The van der Waals surface area contributed by atoms with Crippen molar-refractivity contribution in [1.82, 2.24) is 15.2 Å². The summed E-state index contributed by atoms with van der Waals surface area (Å²) in [6, 6.07) is 11.0. The molecule has 2 aliphatic rings. The van der Waals surface area contributed by atoms with Crippen molar-refractivity contribution in [3.8, 4) is 0 Å². The van der Waals surface area contributed by atoms with Crippen molar-refractivity contribution >= 4 is 74.5 Å². The van der Waals surface area contributed by atoms with Crippen LogP contribution in [0.1, 0.15) is 5.69 Å². The van der Waals surface area contributed by atoms with E-state index in [1.54, 1.807) is 41.7 Å². The standard InChI is InChI=1S/C27H21N7O7S2/c28-26-30-17(12-40-26)19(32-41-27(39)29-16-4-2-1-3-5-16)22(35)31-20-23(36)34-21(25(37)38)15(13-43-24(20)34)11-33-8-6-18-14(10-33)7-9-42-18/h1-10,12,20,24H,11,13H2,(H4-,28,29,30,31,35,37,38,39)/p+1/t20?,24-/m1/s1. The topological polar surface area (TPSA) is 193 Å². The molecule has 16 heteroatoms. The highest BCUT2D eigenvalue weighted by atomic mass is 32.2. The van der Waals surface area contributed by atoms with E-state index in [1.807, 2.05) is 34.5 Å². The Morgan fingerprint density at radius 2 is 2.05 bits per heavy atom. The third-order valence-electron chi connectivity index (χ3n) is 6.58. The second kappa shape index (κ2) is 11.6. The number of hydrogen-bond acceptors (Lipinski definition) is 11. The van der Waals surface area contributed by atoms with Crippen molar-refractivity contribution in [2.24, 2.45) is 5.16 Å². The Bertz CT molecular complexity index is 1820. The number of nitrogens with one attached hydrogen (secondary N) is 2. The summed E-state index contributed by atoms with van der Waals surface area (Å²) in [4.78, 5) is 61.0. The van der Waals surface area contributed by atoms with Gasteiger partial charge in [0.15, 0.2) is 24.7 Å². The Labute approximate surface area is 250 Å². The van der Waals surface area contributed by atoms with E-state index in [2.05, 4.69) is 20.8 Å². The number of hydrogen-bond donors (Lipinski definition) is 4. The van der Waals surface area contributed by atoms with E-state index in [-0.39, 0.29) is 24.0 Å². The predicted molar refractivity (Wildman–Crippen MR) is 156 cm³/mol. The molecule has 14 nitrogen and oxygen atoms in total. The van der Waals surface area contributed by atoms with Crippen LogP contribution in [0.4, 0.5) is 16.5 Å². The number of nitrogen functional groups attached to an aromatic ring is 1. The Morgan fingerprint density at radius 3 is 2.79 bits per heavy atom. The number of carboxylic acid groups (broad SMARTS) is 1. The smallest absolute Gasteiger partial charge is 0.437 e. The van der Waals surface area contributed by atoms with Crippen molar-refractivity contribution in [3.05, 3.63) is 83.5 Å². The zero-order chi connectivity index (χ0) is 30.1. The van der Waals surface area contributed by atoms with Crippen LogP contribution < -0.4 is 20.9 Å². The van der Waals surface area contributed by atoms with Crippen LogP contribution in [0.25, 0.3) is 10.1 Å². The normalized spacial score (nSPS) is 18.2. The van der Waals surface area contributed by atoms with Gasteiger partial charge in [-0.05, 0) is 23.6 Å². The molecular weight excluding hydrogens is 598 g/mol. The SMILES string of the molecule is Nc1nc(C(=NOC(=O)Nc2ccccc2)C(=O)NC2C(=O)N3C(C(=O)O)=C(C[n+]4ccc5sccc5c4)CS[C@H]23)co1. The first kappa shape index (κ1) is 27.9. The Morgan fingerprint density at radius 1 is 1.23 bits per heavy atom. The summed E-state index contributed by atoms with van der Waals surface area (Å²) < 4.78 is 7.95. The predicted octanol–water partition coefficient (Wildman–Crippen LogP) is 2.15. The number of amides is 3. The van der Waals surface area contributed by atoms with Crippen molar-refractivity contribution in [1.29, 1.82) is 0 Å². The maximum Gasteiger partial charge on any atom is 0.437 e. The molecule has 1 aromatic carbocycles. The van der Waals surface area contributed by atoms with Gasteiger partial charge in [0.1, 0.15) is 29.1 Å². The maximum atomic E-state index is 13.3. The number of benzene rings is 1. The number of carboxylic acids is 1. The molecule has 0 aliphatic carbocycles. The average Bonchev–Trinajstić information content (AvgIpc) is 3.64. The number of nitrogens with two attached hydrogens (primary N) is 1. The number of oxime groups is 1. The lowest BCUT2D eigenvalue weighted by Gasteiger charge is -2.49. The van der Waals surface area contributed by atoms with Crippen LogP contribution in [0.2, 0.25) is 0 Å². The van der Waals surface area contributed by atoms with Crippen LogP contribution in [0.3, 0.4) is 0 Å². The van der Waals surface area contributed by atoms with Gasteiger partial charge in [-0.3, -0.25) is 24.6 Å². The number of aliphatic carboxylic acids is 1. The summed E-state index contributed by atoms with van der Waals surface area (Å²) >= 11 is 2.93. The van der Waals surface area contributed by atoms with Crippen LogP contribution >= 0.6 is 23.1 Å². The zero-order valence-corrected chi connectivity index (χ0v) is 23.6. The number of rotatable bonds is 8. The molecule has 2 atom stereocenters. The number of pyridine rings is 1. The van der Waals surface area contributed by atoms with Crippen molar-refractivity contribution in [3.63, 3.8) is 0 Å². The fourth-order valence-electron chi connectivity index (χ4n) is 4.64. The number of carbonyl (C=O) groups excluding carboxylic acids is 3. The summed E-state index contributed by atoms with van der Waals surface area (Å²) in [5, 5.41) is 21.0. The Balaban J connectivity index is 1.18. The van der Waals surface area contributed by atoms with Gasteiger partial charge in [-0.25, -0.2) is 14.2 Å². The van der Waals surface area contributed by atoms with E-state index in [1.165, 1.54) is 16.7 Å². The molecule has 4 aromatic rings. The van der Waals surface area contributed by atoms with Gasteiger partial charge in [0.05, 0.1) is 5.39 Å². The number of oxazole rings is 1. The van der Waals surface area contributed by atoms with Gasteiger partial charge in [0, 0.05) is 27.8 Å².